The van der Waals surface area contributed by atoms with Gasteiger partial charge in [0.2, 0.25) is 0 Å². The zero-order chi connectivity index (χ0) is 14.7. The molecule has 0 aromatic heterocycles. The van der Waals surface area contributed by atoms with Gasteiger partial charge in [0.15, 0.2) is 0 Å². The monoisotopic (exact) mass is 309 g/mol. The number of methoxy groups -OCH3 is 1. The van der Waals surface area contributed by atoms with Crippen LogP contribution >= 0.6 is 23.2 Å². The Hall–Kier alpha value is -1.22. The molecule has 1 unspecified atom stereocenters. The van der Waals surface area contributed by atoms with Gasteiger partial charge in [0.1, 0.15) is 5.75 Å². The number of benzene rings is 2. The maximum Gasteiger partial charge on any atom is 0.118 e. The first-order valence-electron chi connectivity index (χ1n) is 6.38. The topological polar surface area (TPSA) is 35.2 Å². The van der Waals surface area contributed by atoms with Crippen molar-refractivity contribution in [3.05, 3.63) is 63.1 Å². The molecule has 106 valence electrons. The molecule has 0 radical (unpaired) electrons. The molecule has 2 rings (SSSR count). The van der Waals surface area contributed by atoms with E-state index in [2.05, 4.69) is 0 Å². The molecule has 2 aromatic carbocycles. The minimum absolute atomic E-state index is 0.189. The molecule has 0 spiro atoms. The summed E-state index contributed by atoms with van der Waals surface area (Å²) in [6.07, 6.45) is 0.736. The first kappa shape index (κ1) is 15.2. The highest BCUT2D eigenvalue weighted by atomic mass is 35.5. The Morgan fingerprint density at radius 3 is 2.30 bits per heavy atom. The van der Waals surface area contributed by atoms with Gasteiger partial charge in [-0.15, -0.1) is 0 Å². The summed E-state index contributed by atoms with van der Waals surface area (Å²) >= 11 is 12.6. The van der Waals surface area contributed by atoms with E-state index < -0.39 is 0 Å². The maximum absolute atomic E-state index is 6.43. The Balaban J connectivity index is 2.31. The molecule has 0 bridgehead atoms. The van der Waals surface area contributed by atoms with Crippen LogP contribution in [0.25, 0.3) is 0 Å². The maximum atomic E-state index is 6.43. The zero-order valence-corrected chi connectivity index (χ0v) is 13.0. The van der Waals surface area contributed by atoms with Crippen molar-refractivity contribution in [2.45, 2.75) is 19.4 Å². The lowest BCUT2D eigenvalue weighted by molar-refractivity contribution is 0.414. The van der Waals surface area contributed by atoms with Crippen LogP contribution in [0.1, 0.15) is 29.7 Å². The Morgan fingerprint density at radius 2 is 1.75 bits per heavy atom. The second-order valence-electron chi connectivity index (χ2n) is 4.75. The summed E-state index contributed by atoms with van der Waals surface area (Å²) in [6.45, 7) is 1.88. The predicted molar refractivity (Wildman–Crippen MR) is 84.9 cm³/mol. The average molecular weight is 310 g/mol. The summed E-state index contributed by atoms with van der Waals surface area (Å²) < 4.78 is 5.15. The molecular formula is C16H17Cl2NO. The van der Waals surface area contributed by atoms with Crippen molar-refractivity contribution < 1.29 is 4.74 Å². The van der Waals surface area contributed by atoms with Crippen LogP contribution < -0.4 is 10.5 Å². The van der Waals surface area contributed by atoms with E-state index in [1.165, 1.54) is 0 Å². The highest BCUT2D eigenvalue weighted by Gasteiger charge is 2.14. The zero-order valence-electron chi connectivity index (χ0n) is 11.5. The molecular weight excluding hydrogens is 293 g/mol. The predicted octanol–water partition coefficient (Wildman–Crippen LogP) is 4.61. The third kappa shape index (κ3) is 3.26. The van der Waals surface area contributed by atoms with Crippen molar-refractivity contribution in [3.8, 4) is 5.75 Å². The largest absolute Gasteiger partial charge is 0.497 e. The number of hydrogen-bond acceptors (Lipinski definition) is 2. The fraction of sp³-hybridized carbons (Fsp3) is 0.250. The van der Waals surface area contributed by atoms with Gasteiger partial charge in [-0.2, -0.15) is 0 Å². The lowest BCUT2D eigenvalue weighted by atomic mass is 10.00. The van der Waals surface area contributed by atoms with Gasteiger partial charge in [0.05, 0.1) is 12.1 Å². The second kappa shape index (κ2) is 6.49. The van der Waals surface area contributed by atoms with E-state index in [0.29, 0.717) is 10.0 Å². The van der Waals surface area contributed by atoms with Crippen LogP contribution in [0.5, 0.6) is 5.75 Å². The van der Waals surface area contributed by atoms with Gasteiger partial charge >= 0.3 is 0 Å². The van der Waals surface area contributed by atoms with Crippen molar-refractivity contribution in [1.29, 1.82) is 0 Å². The fourth-order valence-corrected chi connectivity index (χ4v) is 2.91. The highest BCUT2D eigenvalue weighted by molar-refractivity contribution is 6.36. The van der Waals surface area contributed by atoms with Crippen molar-refractivity contribution in [1.82, 2.24) is 0 Å². The van der Waals surface area contributed by atoms with Crippen LogP contribution in [0, 0.1) is 0 Å². The standard InChI is InChI=1S/C16H17Cl2NO/c1-10(19)15-14(17)8-5-12(16(15)18)9-11-3-6-13(20-2)7-4-11/h3-8,10H,9,19H2,1-2H3. The minimum Gasteiger partial charge on any atom is -0.497 e. The Kier molecular flexibility index (Phi) is 4.92. The van der Waals surface area contributed by atoms with Crippen molar-refractivity contribution in [2.75, 3.05) is 7.11 Å². The van der Waals surface area contributed by atoms with E-state index >= 15 is 0 Å². The molecule has 2 nitrogen and oxygen atoms in total. The van der Waals surface area contributed by atoms with Crippen LogP contribution in [0.2, 0.25) is 10.0 Å². The molecule has 0 aliphatic rings. The van der Waals surface area contributed by atoms with E-state index in [1.807, 2.05) is 43.3 Å². The number of rotatable bonds is 4. The van der Waals surface area contributed by atoms with Crippen LogP contribution in [-0.4, -0.2) is 7.11 Å². The van der Waals surface area contributed by atoms with Crippen molar-refractivity contribution in [3.63, 3.8) is 0 Å². The summed E-state index contributed by atoms with van der Waals surface area (Å²) in [6, 6.07) is 11.5. The van der Waals surface area contributed by atoms with Crippen LogP contribution in [0.4, 0.5) is 0 Å². The number of nitrogens with two attached hydrogens (primary N) is 1. The van der Waals surface area contributed by atoms with Gasteiger partial charge < -0.3 is 10.5 Å². The minimum atomic E-state index is -0.189. The van der Waals surface area contributed by atoms with Crippen molar-refractivity contribution >= 4 is 23.2 Å². The van der Waals surface area contributed by atoms with Gasteiger partial charge in [-0.3, -0.25) is 0 Å². The Morgan fingerprint density at radius 1 is 1.10 bits per heavy atom. The molecule has 0 heterocycles. The molecule has 0 saturated heterocycles. The average Bonchev–Trinajstić information content (AvgIpc) is 2.42. The van der Waals surface area contributed by atoms with E-state index in [-0.39, 0.29) is 6.04 Å². The van der Waals surface area contributed by atoms with Gasteiger partial charge in [-0.1, -0.05) is 41.4 Å². The second-order valence-corrected chi connectivity index (χ2v) is 5.53. The normalized spacial score (nSPS) is 12.2. The summed E-state index contributed by atoms with van der Waals surface area (Å²) in [5.41, 5.74) is 8.91. The molecule has 20 heavy (non-hydrogen) atoms. The first-order valence-corrected chi connectivity index (χ1v) is 7.13. The molecule has 0 amide bonds. The van der Waals surface area contributed by atoms with Crippen LogP contribution in [-0.2, 0) is 6.42 Å². The highest BCUT2D eigenvalue weighted by Crippen LogP contribution is 2.33. The molecule has 0 fully saturated rings. The molecule has 0 saturated carbocycles. The molecule has 0 aliphatic carbocycles. The van der Waals surface area contributed by atoms with E-state index in [4.69, 9.17) is 33.7 Å². The van der Waals surface area contributed by atoms with E-state index in [0.717, 1.165) is 28.9 Å². The summed E-state index contributed by atoms with van der Waals surface area (Å²) in [5.74, 6) is 0.840. The van der Waals surface area contributed by atoms with Crippen LogP contribution in [0.3, 0.4) is 0 Å². The number of hydrogen-bond donors (Lipinski definition) is 1. The third-order valence-corrected chi connectivity index (χ3v) is 3.99. The van der Waals surface area contributed by atoms with Gasteiger partial charge in [-0.25, -0.2) is 0 Å². The molecule has 1 atom stereocenters. The van der Waals surface area contributed by atoms with E-state index in [1.54, 1.807) is 7.11 Å². The third-order valence-electron chi connectivity index (χ3n) is 3.22. The van der Waals surface area contributed by atoms with Gasteiger partial charge in [0.25, 0.3) is 0 Å². The summed E-state index contributed by atoms with van der Waals surface area (Å²) in [4.78, 5) is 0. The number of halogens is 2. The lowest BCUT2D eigenvalue weighted by Crippen LogP contribution is -2.08. The van der Waals surface area contributed by atoms with E-state index in [9.17, 15) is 0 Å². The quantitative estimate of drug-likeness (QED) is 0.895. The summed E-state index contributed by atoms with van der Waals surface area (Å²) in [7, 11) is 1.65. The number of ether oxygens (including phenoxy) is 1. The molecule has 4 heteroatoms. The molecule has 2 aromatic rings. The first-order chi connectivity index (χ1) is 9.52. The fourth-order valence-electron chi connectivity index (χ4n) is 2.13. The van der Waals surface area contributed by atoms with Gasteiger partial charge in [0, 0.05) is 16.6 Å². The Labute approximate surface area is 129 Å². The smallest absolute Gasteiger partial charge is 0.118 e. The van der Waals surface area contributed by atoms with Gasteiger partial charge in [-0.05, 0) is 42.7 Å². The van der Waals surface area contributed by atoms with Crippen LogP contribution in [0.15, 0.2) is 36.4 Å². The molecule has 2 N–H and O–H groups in total. The van der Waals surface area contributed by atoms with Crippen molar-refractivity contribution in [2.24, 2.45) is 5.73 Å². The Bertz CT molecular complexity index is 594. The molecule has 0 aliphatic heterocycles. The lowest BCUT2D eigenvalue weighted by Gasteiger charge is -2.14. The summed E-state index contributed by atoms with van der Waals surface area (Å²) in [5, 5.41) is 1.27. The SMILES string of the molecule is COc1ccc(Cc2ccc(Cl)c(C(C)N)c2Cl)cc1.